The zero-order chi connectivity index (χ0) is 20.9. The fourth-order valence-corrected chi connectivity index (χ4v) is 4.41. The molecular weight excluding hydrogens is 439 g/mol. The standard InChI is InChI=1S/C24H28Cl2N2O.ClH/c1-28(2,21-9-4-3-5-10-21)17-19-7-6-8-20(15-19)27-24(29)14-12-18-11-13-22(25)23(26)16-18;/h6-8,11-16,21H,3-5,9-10,17H2,1-2H3;1H. The molecule has 3 rings (SSSR count). The summed E-state index contributed by atoms with van der Waals surface area (Å²) in [7, 11) is 4.64. The fourth-order valence-electron chi connectivity index (χ4n) is 4.10. The summed E-state index contributed by atoms with van der Waals surface area (Å²) >= 11 is 11.9. The van der Waals surface area contributed by atoms with E-state index in [9.17, 15) is 4.79 Å². The lowest BCUT2D eigenvalue weighted by molar-refractivity contribution is -0.929. The van der Waals surface area contributed by atoms with Gasteiger partial charge in [-0.2, -0.15) is 0 Å². The molecule has 0 atom stereocenters. The lowest BCUT2D eigenvalue weighted by atomic mass is 9.92. The first-order valence-corrected chi connectivity index (χ1v) is 10.9. The predicted octanol–water partition coefficient (Wildman–Crippen LogP) is 3.56. The van der Waals surface area contributed by atoms with Crippen LogP contribution in [0, 0.1) is 0 Å². The third-order valence-corrected chi connectivity index (χ3v) is 6.46. The molecule has 0 bridgehead atoms. The van der Waals surface area contributed by atoms with Crippen LogP contribution in [0.25, 0.3) is 6.08 Å². The molecule has 0 aliphatic heterocycles. The van der Waals surface area contributed by atoms with Crippen molar-refractivity contribution in [3.05, 3.63) is 69.7 Å². The Balaban J connectivity index is 0.00000320. The average Bonchev–Trinajstić information content (AvgIpc) is 2.69. The van der Waals surface area contributed by atoms with E-state index in [2.05, 4.69) is 31.5 Å². The van der Waals surface area contributed by atoms with Gasteiger partial charge in [0.25, 0.3) is 0 Å². The number of anilines is 1. The molecular formula is C24H29Cl3N2O. The highest BCUT2D eigenvalue weighted by Gasteiger charge is 2.29. The van der Waals surface area contributed by atoms with E-state index in [1.54, 1.807) is 18.2 Å². The van der Waals surface area contributed by atoms with Crippen molar-refractivity contribution in [2.75, 3.05) is 19.4 Å². The molecule has 0 spiro atoms. The van der Waals surface area contributed by atoms with Crippen molar-refractivity contribution in [2.45, 2.75) is 44.7 Å². The van der Waals surface area contributed by atoms with Crippen molar-refractivity contribution < 1.29 is 21.7 Å². The Bertz CT molecular complexity index is 890. The summed E-state index contributed by atoms with van der Waals surface area (Å²) in [5.74, 6) is -0.172. The molecule has 162 valence electrons. The molecule has 1 aliphatic rings. The molecule has 1 fully saturated rings. The van der Waals surface area contributed by atoms with Crippen LogP contribution in [0.2, 0.25) is 10.0 Å². The number of nitrogens with one attached hydrogen (secondary N) is 1. The molecule has 30 heavy (non-hydrogen) atoms. The van der Waals surface area contributed by atoms with E-state index in [1.165, 1.54) is 43.7 Å². The van der Waals surface area contributed by atoms with Crippen LogP contribution in [0.4, 0.5) is 5.69 Å². The number of quaternary nitrogens is 1. The van der Waals surface area contributed by atoms with Crippen LogP contribution in [-0.4, -0.2) is 30.5 Å². The second-order valence-electron chi connectivity index (χ2n) is 8.43. The van der Waals surface area contributed by atoms with Crippen LogP contribution in [0.15, 0.2) is 48.5 Å². The van der Waals surface area contributed by atoms with E-state index < -0.39 is 0 Å². The topological polar surface area (TPSA) is 29.1 Å². The first kappa shape index (κ1) is 24.7. The van der Waals surface area contributed by atoms with Gasteiger partial charge in [-0.25, -0.2) is 0 Å². The van der Waals surface area contributed by atoms with Gasteiger partial charge >= 0.3 is 0 Å². The monoisotopic (exact) mass is 466 g/mol. The van der Waals surface area contributed by atoms with Crippen LogP contribution in [-0.2, 0) is 11.3 Å². The maximum absolute atomic E-state index is 12.3. The number of rotatable bonds is 6. The van der Waals surface area contributed by atoms with Gasteiger partial charge < -0.3 is 22.2 Å². The van der Waals surface area contributed by atoms with Gasteiger partial charge in [-0.1, -0.05) is 47.8 Å². The summed E-state index contributed by atoms with van der Waals surface area (Å²) in [4.78, 5) is 12.3. The highest BCUT2D eigenvalue weighted by molar-refractivity contribution is 6.42. The molecule has 1 aliphatic carbocycles. The minimum absolute atomic E-state index is 0. The zero-order valence-corrected chi connectivity index (χ0v) is 19.8. The molecule has 2 aromatic rings. The van der Waals surface area contributed by atoms with E-state index in [1.807, 2.05) is 18.2 Å². The van der Waals surface area contributed by atoms with Crippen LogP contribution in [0.5, 0.6) is 0 Å². The molecule has 1 saturated carbocycles. The quantitative estimate of drug-likeness (QED) is 0.511. The summed E-state index contributed by atoms with van der Waals surface area (Å²) in [6, 6.07) is 14.2. The Morgan fingerprint density at radius 1 is 1.07 bits per heavy atom. The highest BCUT2D eigenvalue weighted by atomic mass is 35.5. The minimum atomic E-state index is -0.172. The SMILES string of the molecule is C[N+](C)(Cc1cccc(NC(=O)C=Cc2ccc(Cl)c(Cl)c2)c1)C1CCCCC1.[Cl-]. The molecule has 1 amide bonds. The van der Waals surface area contributed by atoms with Crippen molar-refractivity contribution in [2.24, 2.45) is 0 Å². The van der Waals surface area contributed by atoms with Gasteiger partial charge in [-0.3, -0.25) is 4.79 Å². The molecule has 0 heterocycles. The number of carbonyl (C=O) groups excluding carboxylic acids is 1. The first-order valence-electron chi connectivity index (χ1n) is 10.2. The van der Waals surface area contributed by atoms with Crippen LogP contribution >= 0.6 is 23.2 Å². The third-order valence-electron chi connectivity index (χ3n) is 5.72. The van der Waals surface area contributed by atoms with E-state index in [0.29, 0.717) is 10.0 Å². The summed E-state index contributed by atoms with van der Waals surface area (Å²) in [5.41, 5.74) is 2.89. The van der Waals surface area contributed by atoms with Gasteiger partial charge in [0.2, 0.25) is 5.91 Å². The number of hydrogen-bond donors (Lipinski definition) is 1. The molecule has 0 radical (unpaired) electrons. The summed E-state index contributed by atoms with van der Waals surface area (Å²) in [6.07, 6.45) is 9.90. The molecule has 0 unspecified atom stereocenters. The van der Waals surface area contributed by atoms with E-state index in [4.69, 9.17) is 23.2 Å². The van der Waals surface area contributed by atoms with Gasteiger partial charge in [-0.15, -0.1) is 0 Å². The van der Waals surface area contributed by atoms with Crippen molar-refractivity contribution >= 4 is 40.9 Å². The largest absolute Gasteiger partial charge is 1.00 e. The number of benzene rings is 2. The molecule has 6 heteroatoms. The maximum atomic E-state index is 12.3. The van der Waals surface area contributed by atoms with Crippen LogP contribution in [0.1, 0.15) is 43.2 Å². The van der Waals surface area contributed by atoms with Crippen molar-refractivity contribution in [3.63, 3.8) is 0 Å². The van der Waals surface area contributed by atoms with Gasteiger partial charge in [0.15, 0.2) is 0 Å². The summed E-state index contributed by atoms with van der Waals surface area (Å²) in [6.45, 7) is 0.966. The second-order valence-corrected chi connectivity index (χ2v) is 9.24. The van der Waals surface area contributed by atoms with Crippen molar-refractivity contribution in [1.82, 2.24) is 0 Å². The summed E-state index contributed by atoms with van der Waals surface area (Å²) in [5, 5.41) is 3.92. The molecule has 3 nitrogen and oxygen atoms in total. The van der Waals surface area contributed by atoms with E-state index in [0.717, 1.165) is 28.3 Å². The van der Waals surface area contributed by atoms with Crippen molar-refractivity contribution in [1.29, 1.82) is 0 Å². The average molecular weight is 468 g/mol. The molecule has 0 aromatic heterocycles. The number of halogens is 3. The summed E-state index contributed by atoms with van der Waals surface area (Å²) < 4.78 is 0.995. The molecule has 2 aromatic carbocycles. The Kier molecular flexibility index (Phi) is 9.24. The Hall–Kier alpha value is -1.52. The Morgan fingerprint density at radius 2 is 1.80 bits per heavy atom. The van der Waals surface area contributed by atoms with Crippen LogP contribution < -0.4 is 17.7 Å². The highest BCUT2D eigenvalue weighted by Crippen LogP contribution is 2.28. The van der Waals surface area contributed by atoms with Gasteiger partial charge in [0, 0.05) is 17.3 Å². The second kappa shape index (κ2) is 11.2. The number of nitrogens with zero attached hydrogens (tertiary/aromatic N) is 1. The van der Waals surface area contributed by atoms with E-state index in [-0.39, 0.29) is 18.3 Å². The number of carbonyl (C=O) groups is 1. The number of amides is 1. The Labute approximate surface area is 196 Å². The van der Waals surface area contributed by atoms with Gasteiger partial charge in [0.1, 0.15) is 6.54 Å². The Morgan fingerprint density at radius 3 is 2.50 bits per heavy atom. The van der Waals surface area contributed by atoms with Crippen molar-refractivity contribution in [3.8, 4) is 0 Å². The van der Waals surface area contributed by atoms with E-state index >= 15 is 0 Å². The maximum Gasteiger partial charge on any atom is 0.248 e. The minimum Gasteiger partial charge on any atom is -1.00 e. The predicted molar refractivity (Wildman–Crippen MR) is 123 cm³/mol. The first-order chi connectivity index (χ1) is 13.8. The van der Waals surface area contributed by atoms with Gasteiger partial charge in [0.05, 0.1) is 30.2 Å². The lowest BCUT2D eigenvalue weighted by Crippen LogP contribution is -3.00. The smallest absolute Gasteiger partial charge is 0.248 e. The normalized spacial score (nSPS) is 15.1. The van der Waals surface area contributed by atoms with Crippen LogP contribution in [0.3, 0.4) is 0 Å². The van der Waals surface area contributed by atoms with Gasteiger partial charge in [-0.05, 0) is 61.6 Å². The zero-order valence-electron chi connectivity index (χ0n) is 17.5. The lowest BCUT2D eigenvalue weighted by Gasteiger charge is -2.40. The molecule has 0 saturated heterocycles. The fraction of sp³-hybridized carbons (Fsp3) is 0.375. The molecule has 1 N–H and O–H groups in total. The number of hydrogen-bond acceptors (Lipinski definition) is 1. The third kappa shape index (κ3) is 7.02.